The molecule has 2 rings (SSSR count). The van der Waals surface area contributed by atoms with Gasteiger partial charge in [0.15, 0.2) is 0 Å². The van der Waals surface area contributed by atoms with E-state index in [0.29, 0.717) is 24.1 Å². The fourth-order valence-electron chi connectivity index (χ4n) is 1.86. The molecule has 0 aliphatic rings. The van der Waals surface area contributed by atoms with Gasteiger partial charge in [0.2, 0.25) is 5.95 Å². The van der Waals surface area contributed by atoms with Gasteiger partial charge in [-0.05, 0) is 41.0 Å². The summed E-state index contributed by atoms with van der Waals surface area (Å²) < 4.78 is 7.30. The van der Waals surface area contributed by atoms with E-state index >= 15 is 0 Å². The Bertz CT molecular complexity index is 572. The number of anilines is 1. The number of ether oxygens (including phenoxy) is 1. The average molecular weight is 310 g/mol. The van der Waals surface area contributed by atoms with Crippen molar-refractivity contribution in [3.63, 3.8) is 0 Å². The number of nitrogens with zero attached hydrogens (tertiary/aromatic N) is 4. The molecule has 0 fully saturated rings. The number of halogens is 1. The standard InChI is InChI=1S/C14H20ClN5O/c1-3-7-20-14(17-18-19-20)16-10-11-5-6-13(12(15)9-11)21-8-4-2/h5-6,9H,3-4,7-8,10H2,1-2H3,(H,16,17,19). The molecule has 21 heavy (non-hydrogen) atoms. The highest BCUT2D eigenvalue weighted by Gasteiger charge is 2.06. The number of hydrogen-bond donors (Lipinski definition) is 1. The molecule has 114 valence electrons. The third-order valence-corrected chi connectivity index (χ3v) is 3.17. The average Bonchev–Trinajstić information content (AvgIpc) is 2.92. The summed E-state index contributed by atoms with van der Waals surface area (Å²) in [6.07, 6.45) is 1.94. The van der Waals surface area contributed by atoms with Gasteiger partial charge in [0.1, 0.15) is 5.75 Å². The molecule has 0 bridgehead atoms. The van der Waals surface area contributed by atoms with Crippen LogP contribution in [0.3, 0.4) is 0 Å². The molecule has 2 aromatic rings. The molecule has 7 heteroatoms. The fraction of sp³-hybridized carbons (Fsp3) is 0.500. The molecule has 6 nitrogen and oxygen atoms in total. The van der Waals surface area contributed by atoms with Crippen LogP contribution in [0.5, 0.6) is 5.75 Å². The van der Waals surface area contributed by atoms with Crippen LogP contribution in [0.15, 0.2) is 18.2 Å². The van der Waals surface area contributed by atoms with Gasteiger partial charge in [0, 0.05) is 13.1 Å². The van der Waals surface area contributed by atoms with Gasteiger partial charge in [-0.3, -0.25) is 0 Å². The highest BCUT2D eigenvalue weighted by molar-refractivity contribution is 6.32. The number of benzene rings is 1. The van der Waals surface area contributed by atoms with Crippen molar-refractivity contribution < 1.29 is 4.74 Å². The van der Waals surface area contributed by atoms with E-state index in [9.17, 15) is 0 Å². The van der Waals surface area contributed by atoms with Crippen molar-refractivity contribution in [2.24, 2.45) is 0 Å². The minimum Gasteiger partial charge on any atom is -0.492 e. The Balaban J connectivity index is 1.97. The van der Waals surface area contributed by atoms with Gasteiger partial charge in [-0.15, -0.1) is 0 Å². The van der Waals surface area contributed by atoms with Crippen LogP contribution in [0.25, 0.3) is 0 Å². The predicted molar refractivity (Wildman–Crippen MR) is 82.7 cm³/mol. The summed E-state index contributed by atoms with van der Waals surface area (Å²) in [4.78, 5) is 0. The molecule has 1 N–H and O–H groups in total. The van der Waals surface area contributed by atoms with E-state index in [2.05, 4.69) is 34.7 Å². The maximum absolute atomic E-state index is 6.21. The van der Waals surface area contributed by atoms with Crippen molar-refractivity contribution in [2.75, 3.05) is 11.9 Å². The number of tetrazole rings is 1. The first-order chi connectivity index (χ1) is 10.2. The Morgan fingerprint density at radius 1 is 1.29 bits per heavy atom. The normalized spacial score (nSPS) is 10.6. The zero-order valence-electron chi connectivity index (χ0n) is 12.3. The van der Waals surface area contributed by atoms with Crippen LogP contribution in [0.1, 0.15) is 32.3 Å². The van der Waals surface area contributed by atoms with Gasteiger partial charge in [0.25, 0.3) is 0 Å². The molecule has 1 aromatic heterocycles. The summed E-state index contributed by atoms with van der Waals surface area (Å²) in [6.45, 7) is 6.22. The van der Waals surface area contributed by atoms with Gasteiger partial charge >= 0.3 is 0 Å². The van der Waals surface area contributed by atoms with Crippen LogP contribution in [0, 0.1) is 0 Å². The Morgan fingerprint density at radius 2 is 2.14 bits per heavy atom. The maximum atomic E-state index is 6.21. The smallest absolute Gasteiger partial charge is 0.243 e. The Hall–Kier alpha value is -1.82. The number of aryl methyl sites for hydroxylation is 1. The SMILES string of the molecule is CCCOc1ccc(CNc2nnnn2CCC)cc1Cl. The van der Waals surface area contributed by atoms with E-state index in [1.807, 2.05) is 18.2 Å². The Kier molecular flexibility index (Phi) is 5.80. The highest BCUT2D eigenvalue weighted by atomic mass is 35.5. The molecular weight excluding hydrogens is 290 g/mol. The zero-order valence-corrected chi connectivity index (χ0v) is 13.1. The summed E-state index contributed by atoms with van der Waals surface area (Å²) in [5.41, 5.74) is 1.05. The summed E-state index contributed by atoms with van der Waals surface area (Å²) in [5, 5.41) is 15.4. The summed E-state index contributed by atoms with van der Waals surface area (Å²) in [5.74, 6) is 1.39. The van der Waals surface area contributed by atoms with Crippen molar-refractivity contribution in [1.82, 2.24) is 20.2 Å². The number of hydrogen-bond acceptors (Lipinski definition) is 5. The second-order valence-electron chi connectivity index (χ2n) is 4.69. The van der Waals surface area contributed by atoms with Gasteiger partial charge < -0.3 is 10.1 Å². The van der Waals surface area contributed by atoms with Crippen LogP contribution in [-0.2, 0) is 13.1 Å². The molecule has 0 spiro atoms. The van der Waals surface area contributed by atoms with E-state index in [4.69, 9.17) is 16.3 Å². The van der Waals surface area contributed by atoms with Crippen molar-refractivity contribution in [3.05, 3.63) is 28.8 Å². The van der Waals surface area contributed by atoms with E-state index in [1.54, 1.807) is 4.68 Å². The number of rotatable bonds is 8. The van der Waals surface area contributed by atoms with Gasteiger partial charge in [-0.25, -0.2) is 4.68 Å². The quantitative estimate of drug-likeness (QED) is 0.811. The lowest BCUT2D eigenvalue weighted by atomic mass is 10.2. The molecule has 0 amide bonds. The first kappa shape index (κ1) is 15.6. The number of aromatic nitrogens is 4. The largest absolute Gasteiger partial charge is 0.492 e. The lowest BCUT2D eigenvalue weighted by Crippen LogP contribution is -2.08. The topological polar surface area (TPSA) is 64.9 Å². The Labute approximate surface area is 129 Å². The highest BCUT2D eigenvalue weighted by Crippen LogP contribution is 2.25. The molecule has 1 aromatic carbocycles. The number of nitrogens with one attached hydrogen (secondary N) is 1. The molecule has 0 unspecified atom stereocenters. The molecule has 1 heterocycles. The van der Waals surface area contributed by atoms with E-state index in [-0.39, 0.29) is 0 Å². The second kappa shape index (κ2) is 7.83. The Morgan fingerprint density at radius 3 is 2.86 bits per heavy atom. The summed E-state index contributed by atoms with van der Waals surface area (Å²) in [7, 11) is 0. The molecule has 0 aliphatic carbocycles. The molecule has 0 saturated heterocycles. The van der Waals surface area contributed by atoms with Crippen LogP contribution in [0.4, 0.5) is 5.95 Å². The van der Waals surface area contributed by atoms with Crippen molar-refractivity contribution in [2.45, 2.75) is 39.8 Å². The molecule has 0 radical (unpaired) electrons. The minimum atomic E-state index is 0.609. The fourth-order valence-corrected chi connectivity index (χ4v) is 2.12. The van der Waals surface area contributed by atoms with Gasteiger partial charge in [-0.1, -0.05) is 36.6 Å². The third-order valence-electron chi connectivity index (χ3n) is 2.88. The minimum absolute atomic E-state index is 0.609. The molecule has 0 saturated carbocycles. The van der Waals surface area contributed by atoms with E-state index < -0.39 is 0 Å². The second-order valence-corrected chi connectivity index (χ2v) is 5.10. The summed E-state index contributed by atoms with van der Waals surface area (Å²) in [6, 6.07) is 5.77. The predicted octanol–water partition coefficient (Wildman–Crippen LogP) is 3.14. The van der Waals surface area contributed by atoms with Crippen molar-refractivity contribution in [3.8, 4) is 5.75 Å². The first-order valence-electron chi connectivity index (χ1n) is 7.15. The summed E-state index contributed by atoms with van der Waals surface area (Å²) >= 11 is 6.21. The molecule has 0 atom stereocenters. The third kappa shape index (κ3) is 4.32. The molecule has 0 aliphatic heterocycles. The van der Waals surface area contributed by atoms with Crippen LogP contribution in [-0.4, -0.2) is 26.8 Å². The maximum Gasteiger partial charge on any atom is 0.243 e. The zero-order chi connectivity index (χ0) is 15.1. The van der Waals surface area contributed by atoms with Crippen molar-refractivity contribution >= 4 is 17.5 Å². The van der Waals surface area contributed by atoms with Crippen LogP contribution < -0.4 is 10.1 Å². The van der Waals surface area contributed by atoms with E-state index in [0.717, 1.165) is 30.7 Å². The van der Waals surface area contributed by atoms with Gasteiger partial charge in [-0.2, -0.15) is 0 Å². The van der Waals surface area contributed by atoms with Crippen LogP contribution >= 0.6 is 11.6 Å². The monoisotopic (exact) mass is 309 g/mol. The van der Waals surface area contributed by atoms with Gasteiger partial charge in [0.05, 0.1) is 11.6 Å². The lowest BCUT2D eigenvalue weighted by Gasteiger charge is -2.10. The lowest BCUT2D eigenvalue weighted by molar-refractivity contribution is 0.317. The first-order valence-corrected chi connectivity index (χ1v) is 7.53. The van der Waals surface area contributed by atoms with Crippen LogP contribution in [0.2, 0.25) is 5.02 Å². The molecular formula is C14H20ClN5O. The van der Waals surface area contributed by atoms with Crippen molar-refractivity contribution in [1.29, 1.82) is 0 Å². The van der Waals surface area contributed by atoms with E-state index in [1.165, 1.54) is 0 Å².